The first-order valence-corrected chi connectivity index (χ1v) is 5.81. The van der Waals surface area contributed by atoms with Gasteiger partial charge in [0, 0.05) is 6.04 Å². The van der Waals surface area contributed by atoms with Crippen molar-refractivity contribution in [2.45, 2.75) is 26.3 Å². The second kappa shape index (κ2) is 6.39. The number of hydrogen-bond donors (Lipinski definition) is 1. The number of ether oxygens (including phenoxy) is 1. The molecule has 1 unspecified atom stereocenters. The molecule has 1 heterocycles. The second-order valence-corrected chi connectivity index (χ2v) is 4.49. The fourth-order valence-electron chi connectivity index (χ4n) is 1.54. The van der Waals surface area contributed by atoms with Crippen LogP contribution in [0.15, 0.2) is 6.33 Å². The van der Waals surface area contributed by atoms with Gasteiger partial charge in [0.05, 0.1) is 12.7 Å². The van der Waals surface area contributed by atoms with Gasteiger partial charge in [-0.15, -0.1) is 0 Å². The third-order valence-electron chi connectivity index (χ3n) is 2.62. The smallest absolute Gasteiger partial charge is 0.221 e. The molecule has 0 fully saturated rings. The molecule has 0 aliphatic rings. The first kappa shape index (κ1) is 13.7. The molecule has 1 N–H and O–H groups in total. The molecule has 5 nitrogen and oxygen atoms in total. The highest BCUT2D eigenvalue weighted by molar-refractivity contribution is 5.48. The van der Waals surface area contributed by atoms with Gasteiger partial charge in [-0.3, -0.25) is 0 Å². The third kappa shape index (κ3) is 4.19. The molecule has 0 amide bonds. The van der Waals surface area contributed by atoms with E-state index in [-0.39, 0.29) is 0 Å². The minimum atomic E-state index is 0.371. The zero-order chi connectivity index (χ0) is 12.8. The van der Waals surface area contributed by atoms with Crippen molar-refractivity contribution >= 4 is 5.82 Å². The zero-order valence-electron chi connectivity index (χ0n) is 11.3. The van der Waals surface area contributed by atoms with Crippen molar-refractivity contribution in [3.8, 4) is 5.88 Å². The average Bonchev–Trinajstić information content (AvgIpc) is 2.29. The van der Waals surface area contributed by atoms with Crippen molar-refractivity contribution in [1.82, 2.24) is 14.9 Å². The van der Waals surface area contributed by atoms with Crippen LogP contribution in [0.5, 0.6) is 5.88 Å². The molecule has 0 spiro atoms. The molecule has 0 aliphatic carbocycles. The second-order valence-electron chi connectivity index (χ2n) is 4.49. The normalized spacial score (nSPS) is 12.6. The van der Waals surface area contributed by atoms with Crippen molar-refractivity contribution in [2.24, 2.45) is 0 Å². The SMILES string of the molecule is COc1ncnc(NC(C)CCN(C)C)c1C. The molecule has 0 aromatic carbocycles. The van der Waals surface area contributed by atoms with Crippen molar-refractivity contribution in [3.05, 3.63) is 11.9 Å². The molecular weight excluding hydrogens is 216 g/mol. The van der Waals surface area contributed by atoms with E-state index in [9.17, 15) is 0 Å². The number of nitrogens with one attached hydrogen (secondary N) is 1. The largest absolute Gasteiger partial charge is 0.481 e. The Kier molecular flexibility index (Phi) is 5.15. The maximum atomic E-state index is 5.17. The van der Waals surface area contributed by atoms with Crippen LogP contribution in [0.3, 0.4) is 0 Å². The number of anilines is 1. The highest BCUT2D eigenvalue weighted by Gasteiger charge is 2.09. The number of methoxy groups -OCH3 is 1. The van der Waals surface area contributed by atoms with Gasteiger partial charge in [0.1, 0.15) is 12.1 Å². The molecule has 0 saturated carbocycles. The molecular formula is C12H22N4O. The number of nitrogens with zero attached hydrogens (tertiary/aromatic N) is 3. The Morgan fingerprint density at radius 1 is 1.41 bits per heavy atom. The van der Waals surface area contributed by atoms with Gasteiger partial charge in [-0.25, -0.2) is 9.97 Å². The van der Waals surface area contributed by atoms with Gasteiger partial charge < -0.3 is 15.0 Å². The van der Waals surface area contributed by atoms with Crippen molar-refractivity contribution in [1.29, 1.82) is 0 Å². The van der Waals surface area contributed by atoms with Crippen LogP contribution >= 0.6 is 0 Å². The van der Waals surface area contributed by atoms with E-state index in [1.54, 1.807) is 7.11 Å². The molecule has 5 heteroatoms. The molecule has 1 aromatic heterocycles. The van der Waals surface area contributed by atoms with Gasteiger partial charge in [0.15, 0.2) is 0 Å². The first-order chi connectivity index (χ1) is 8.04. The van der Waals surface area contributed by atoms with Gasteiger partial charge in [0.2, 0.25) is 5.88 Å². The lowest BCUT2D eigenvalue weighted by atomic mass is 10.2. The Balaban J connectivity index is 2.62. The molecule has 0 saturated heterocycles. The van der Waals surface area contributed by atoms with Crippen LogP contribution < -0.4 is 10.1 Å². The first-order valence-electron chi connectivity index (χ1n) is 5.81. The van der Waals surface area contributed by atoms with Crippen LogP contribution in [0.25, 0.3) is 0 Å². The maximum absolute atomic E-state index is 5.17. The fraction of sp³-hybridized carbons (Fsp3) is 0.667. The van der Waals surface area contributed by atoms with Crippen LogP contribution in [0.2, 0.25) is 0 Å². The van der Waals surface area contributed by atoms with Crippen LogP contribution in [0.1, 0.15) is 18.9 Å². The molecule has 1 rings (SSSR count). The summed E-state index contributed by atoms with van der Waals surface area (Å²) in [4.78, 5) is 10.5. The summed E-state index contributed by atoms with van der Waals surface area (Å²) in [5.74, 6) is 1.48. The van der Waals surface area contributed by atoms with Gasteiger partial charge >= 0.3 is 0 Å². The Bertz CT molecular complexity index is 354. The summed E-state index contributed by atoms with van der Waals surface area (Å²) >= 11 is 0. The molecule has 1 atom stereocenters. The van der Waals surface area contributed by atoms with Crippen LogP contribution in [-0.4, -0.2) is 48.7 Å². The summed E-state index contributed by atoms with van der Waals surface area (Å²) in [5, 5.41) is 3.38. The van der Waals surface area contributed by atoms with Crippen LogP contribution in [0, 0.1) is 6.92 Å². The van der Waals surface area contributed by atoms with Gasteiger partial charge in [-0.1, -0.05) is 0 Å². The lowest BCUT2D eigenvalue weighted by Crippen LogP contribution is -2.23. The van der Waals surface area contributed by atoms with E-state index < -0.39 is 0 Å². The van der Waals surface area contributed by atoms with E-state index in [0.717, 1.165) is 24.3 Å². The molecule has 0 radical (unpaired) electrons. The van der Waals surface area contributed by atoms with E-state index in [0.29, 0.717) is 11.9 Å². The molecule has 96 valence electrons. The predicted molar refractivity (Wildman–Crippen MR) is 69.6 cm³/mol. The Morgan fingerprint density at radius 3 is 2.71 bits per heavy atom. The summed E-state index contributed by atoms with van der Waals surface area (Å²) in [6.45, 7) is 5.16. The van der Waals surface area contributed by atoms with E-state index in [4.69, 9.17) is 4.74 Å². The minimum absolute atomic E-state index is 0.371. The van der Waals surface area contributed by atoms with Gasteiger partial charge in [-0.2, -0.15) is 0 Å². The van der Waals surface area contributed by atoms with Gasteiger partial charge in [0.25, 0.3) is 0 Å². The zero-order valence-corrected chi connectivity index (χ0v) is 11.3. The van der Waals surface area contributed by atoms with Crippen LogP contribution in [0.4, 0.5) is 5.82 Å². The Morgan fingerprint density at radius 2 is 2.12 bits per heavy atom. The lowest BCUT2D eigenvalue weighted by Gasteiger charge is -2.18. The summed E-state index contributed by atoms with van der Waals surface area (Å²) in [6, 6.07) is 0.371. The molecule has 1 aromatic rings. The van der Waals surface area contributed by atoms with E-state index in [2.05, 4.69) is 41.2 Å². The Hall–Kier alpha value is -1.36. The topological polar surface area (TPSA) is 50.3 Å². The van der Waals surface area contributed by atoms with Crippen LogP contribution in [-0.2, 0) is 0 Å². The summed E-state index contributed by atoms with van der Waals surface area (Å²) in [7, 11) is 5.77. The third-order valence-corrected chi connectivity index (χ3v) is 2.62. The van der Waals surface area contributed by atoms with Crippen molar-refractivity contribution < 1.29 is 4.74 Å². The Labute approximate surface area is 103 Å². The van der Waals surface area contributed by atoms with E-state index in [1.807, 2.05) is 6.92 Å². The lowest BCUT2D eigenvalue weighted by molar-refractivity contribution is 0.388. The highest BCUT2D eigenvalue weighted by Crippen LogP contribution is 2.20. The monoisotopic (exact) mass is 238 g/mol. The molecule has 0 bridgehead atoms. The summed E-state index contributed by atoms with van der Waals surface area (Å²) in [5.41, 5.74) is 0.951. The average molecular weight is 238 g/mol. The minimum Gasteiger partial charge on any atom is -0.481 e. The number of aromatic nitrogens is 2. The molecule has 0 aliphatic heterocycles. The van der Waals surface area contributed by atoms with E-state index >= 15 is 0 Å². The standard InChI is InChI=1S/C12H22N4O/c1-9(6-7-16(3)4)15-11-10(2)12(17-5)14-8-13-11/h8-9H,6-7H2,1-5H3,(H,13,14,15). The van der Waals surface area contributed by atoms with Crippen molar-refractivity contribution in [2.75, 3.05) is 33.1 Å². The predicted octanol–water partition coefficient (Wildman–Crippen LogP) is 1.55. The van der Waals surface area contributed by atoms with Crippen molar-refractivity contribution in [3.63, 3.8) is 0 Å². The number of rotatable bonds is 6. The summed E-state index contributed by atoms with van der Waals surface area (Å²) < 4.78 is 5.17. The maximum Gasteiger partial charge on any atom is 0.221 e. The molecule has 17 heavy (non-hydrogen) atoms. The van der Waals surface area contributed by atoms with Gasteiger partial charge in [-0.05, 0) is 40.9 Å². The highest BCUT2D eigenvalue weighted by atomic mass is 16.5. The number of hydrogen-bond acceptors (Lipinski definition) is 5. The van der Waals surface area contributed by atoms with E-state index in [1.165, 1.54) is 6.33 Å². The summed E-state index contributed by atoms with van der Waals surface area (Å²) in [6.07, 6.45) is 2.59. The quantitative estimate of drug-likeness (QED) is 0.815. The fourth-order valence-corrected chi connectivity index (χ4v) is 1.54.